The molecule has 0 bridgehead atoms. The van der Waals surface area contributed by atoms with Crippen molar-refractivity contribution in [3.63, 3.8) is 0 Å². The summed E-state index contributed by atoms with van der Waals surface area (Å²) in [7, 11) is 0. The quantitative estimate of drug-likeness (QED) is 0.589. The molecule has 0 aliphatic rings. The van der Waals surface area contributed by atoms with E-state index in [4.69, 9.17) is 0 Å². The molecule has 0 aliphatic carbocycles. The van der Waals surface area contributed by atoms with Crippen LogP contribution in [-0.4, -0.2) is 27.0 Å². The fraction of sp³-hybridized carbons (Fsp3) is 0.692. The van der Waals surface area contributed by atoms with Crippen LogP contribution in [0.1, 0.15) is 46.2 Å². The van der Waals surface area contributed by atoms with Gasteiger partial charge in [0.1, 0.15) is 5.69 Å². The monoisotopic (exact) mass is 281 g/mol. The second-order valence-electron chi connectivity index (χ2n) is 5.01. The normalized spacial score (nSPS) is 11.2. The van der Waals surface area contributed by atoms with E-state index in [2.05, 4.69) is 20.6 Å². The molecule has 1 rings (SSSR count). The van der Waals surface area contributed by atoms with Crippen LogP contribution in [0.2, 0.25) is 0 Å². The Kier molecular flexibility index (Phi) is 5.24. The van der Waals surface area contributed by atoms with Gasteiger partial charge >= 0.3 is 5.69 Å². The lowest BCUT2D eigenvalue weighted by Gasteiger charge is -2.28. The summed E-state index contributed by atoms with van der Waals surface area (Å²) in [5.41, 5.74) is 0.0764. The molecule has 2 N–H and O–H groups in total. The van der Waals surface area contributed by atoms with Crippen LogP contribution in [0.3, 0.4) is 0 Å². The molecule has 0 radical (unpaired) electrons. The van der Waals surface area contributed by atoms with Gasteiger partial charge in [-0.1, -0.05) is 13.8 Å². The van der Waals surface area contributed by atoms with Gasteiger partial charge in [-0.05, 0) is 33.6 Å². The van der Waals surface area contributed by atoms with Crippen LogP contribution in [0.5, 0.6) is 0 Å². The molecule has 0 aromatic carbocycles. The summed E-state index contributed by atoms with van der Waals surface area (Å²) in [6.45, 7) is 10.3. The lowest BCUT2D eigenvalue weighted by atomic mass is 9.95. The Morgan fingerprint density at radius 1 is 1.25 bits per heavy atom. The number of anilines is 2. The molecule has 0 aliphatic heterocycles. The molecule has 1 aromatic rings. The van der Waals surface area contributed by atoms with Gasteiger partial charge in [-0.3, -0.25) is 10.1 Å². The first-order valence-electron chi connectivity index (χ1n) is 6.92. The minimum atomic E-state index is -0.431. The number of nitro groups is 1. The Balaban J connectivity index is 3.29. The Morgan fingerprint density at radius 3 is 2.30 bits per heavy atom. The molecule has 0 fully saturated rings. The summed E-state index contributed by atoms with van der Waals surface area (Å²) in [4.78, 5) is 19.2. The summed E-state index contributed by atoms with van der Waals surface area (Å²) in [5.74, 6) is 0.692. The molecule has 20 heavy (non-hydrogen) atoms. The van der Waals surface area contributed by atoms with E-state index in [0.717, 1.165) is 12.8 Å². The molecule has 112 valence electrons. The summed E-state index contributed by atoms with van der Waals surface area (Å²) < 4.78 is 0. The number of nitrogens with one attached hydrogen (secondary N) is 2. The van der Waals surface area contributed by atoms with E-state index >= 15 is 0 Å². The van der Waals surface area contributed by atoms with Crippen LogP contribution in [0.15, 0.2) is 0 Å². The van der Waals surface area contributed by atoms with Gasteiger partial charge in [0, 0.05) is 12.1 Å². The van der Waals surface area contributed by atoms with Gasteiger partial charge in [0.25, 0.3) is 0 Å². The molecule has 0 spiro atoms. The summed E-state index contributed by atoms with van der Waals surface area (Å²) in [6.07, 6.45) is 1.69. The van der Waals surface area contributed by atoms with Crippen molar-refractivity contribution in [2.45, 2.75) is 53.0 Å². The third kappa shape index (κ3) is 3.55. The van der Waals surface area contributed by atoms with Gasteiger partial charge in [-0.15, -0.1) is 0 Å². The Bertz CT molecular complexity index is 486. The predicted molar refractivity (Wildman–Crippen MR) is 80.2 cm³/mol. The Labute approximate surface area is 119 Å². The van der Waals surface area contributed by atoms with E-state index in [1.807, 2.05) is 27.7 Å². The molecule has 7 nitrogen and oxygen atoms in total. The third-order valence-corrected chi connectivity index (χ3v) is 3.56. The standard InChI is InChI=1S/C13H23N5O2/c1-6-13(5,7-2)17-11-10(18(19)20)9(4)15-12(16-11)14-8-3/h6-8H2,1-5H3,(H2,14,15,16,17). The molecule has 0 atom stereocenters. The maximum atomic E-state index is 11.2. The van der Waals surface area contributed by atoms with E-state index in [0.29, 0.717) is 18.2 Å². The molecule has 0 unspecified atom stereocenters. The fourth-order valence-corrected chi connectivity index (χ4v) is 1.82. The van der Waals surface area contributed by atoms with E-state index in [1.165, 1.54) is 0 Å². The second-order valence-corrected chi connectivity index (χ2v) is 5.01. The highest BCUT2D eigenvalue weighted by atomic mass is 16.6. The number of aryl methyl sites for hydroxylation is 1. The largest absolute Gasteiger partial charge is 0.359 e. The SMILES string of the molecule is CCNc1nc(C)c([N+](=O)[O-])c(NC(C)(CC)CC)n1. The third-order valence-electron chi connectivity index (χ3n) is 3.56. The first-order valence-corrected chi connectivity index (χ1v) is 6.92. The molecule has 1 heterocycles. The fourth-order valence-electron chi connectivity index (χ4n) is 1.82. The van der Waals surface area contributed by atoms with Crippen molar-refractivity contribution >= 4 is 17.5 Å². The van der Waals surface area contributed by atoms with E-state index in [9.17, 15) is 10.1 Å². The lowest BCUT2D eigenvalue weighted by molar-refractivity contribution is -0.385. The topological polar surface area (TPSA) is 93.0 Å². The van der Waals surface area contributed by atoms with Crippen molar-refractivity contribution < 1.29 is 4.92 Å². The van der Waals surface area contributed by atoms with Crippen LogP contribution in [0.4, 0.5) is 17.5 Å². The number of hydrogen-bond donors (Lipinski definition) is 2. The van der Waals surface area contributed by atoms with E-state index in [-0.39, 0.29) is 17.0 Å². The van der Waals surface area contributed by atoms with Crippen LogP contribution in [0, 0.1) is 17.0 Å². The number of rotatable bonds is 7. The number of hydrogen-bond acceptors (Lipinski definition) is 6. The predicted octanol–water partition coefficient (Wildman–Crippen LogP) is 3.12. The molecule has 1 aromatic heterocycles. The van der Waals surface area contributed by atoms with Crippen LogP contribution in [-0.2, 0) is 0 Å². The van der Waals surface area contributed by atoms with Gasteiger partial charge < -0.3 is 10.6 Å². The minimum absolute atomic E-state index is 0.0558. The zero-order valence-corrected chi connectivity index (χ0v) is 12.8. The first kappa shape index (κ1) is 16.1. The Hall–Kier alpha value is -1.92. The van der Waals surface area contributed by atoms with Crippen molar-refractivity contribution in [1.29, 1.82) is 0 Å². The molecule has 7 heteroatoms. The zero-order chi connectivity index (χ0) is 15.3. The summed E-state index contributed by atoms with van der Waals surface area (Å²) in [5, 5.41) is 17.4. The number of aromatic nitrogens is 2. The lowest BCUT2D eigenvalue weighted by Crippen LogP contribution is -2.34. The van der Waals surface area contributed by atoms with Crippen molar-refractivity contribution in [2.24, 2.45) is 0 Å². The molecular weight excluding hydrogens is 258 g/mol. The molecule has 0 saturated heterocycles. The van der Waals surface area contributed by atoms with Gasteiger partial charge in [0.15, 0.2) is 0 Å². The highest BCUT2D eigenvalue weighted by Crippen LogP contribution is 2.30. The van der Waals surface area contributed by atoms with Gasteiger partial charge in [0.05, 0.1) is 4.92 Å². The highest BCUT2D eigenvalue weighted by molar-refractivity contribution is 5.61. The van der Waals surface area contributed by atoms with Gasteiger partial charge in [-0.25, -0.2) is 4.98 Å². The van der Waals surface area contributed by atoms with E-state index in [1.54, 1.807) is 6.92 Å². The number of nitrogens with zero attached hydrogens (tertiary/aromatic N) is 3. The highest BCUT2D eigenvalue weighted by Gasteiger charge is 2.28. The van der Waals surface area contributed by atoms with Gasteiger partial charge in [-0.2, -0.15) is 4.98 Å². The minimum Gasteiger partial charge on any atom is -0.359 e. The molecule has 0 saturated carbocycles. The second kappa shape index (κ2) is 6.49. The average Bonchev–Trinajstić information content (AvgIpc) is 2.38. The summed E-state index contributed by atoms with van der Waals surface area (Å²) in [6, 6.07) is 0. The average molecular weight is 281 g/mol. The van der Waals surface area contributed by atoms with Crippen LogP contribution in [0.25, 0.3) is 0 Å². The van der Waals surface area contributed by atoms with Crippen LogP contribution >= 0.6 is 0 Å². The zero-order valence-electron chi connectivity index (χ0n) is 12.8. The van der Waals surface area contributed by atoms with Crippen molar-refractivity contribution in [3.8, 4) is 0 Å². The Morgan fingerprint density at radius 2 is 1.85 bits per heavy atom. The molecular formula is C13H23N5O2. The van der Waals surface area contributed by atoms with Gasteiger partial charge in [0.2, 0.25) is 11.8 Å². The smallest absolute Gasteiger partial charge is 0.332 e. The van der Waals surface area contributed by atoms with E-state index < -0.39 is 4.92 Å². The van der Waals surface area contributed by atoms with Crippen molar-refractivity contribution in [2.75, 3.05) is 17.2 Å². The van der Waals surface area contributed by atoms with Crippen molar-refractivity contribution in [1.82, 2.24) is 9.97 Å². The van der Waals surface area contributed by atoms with Crippen molar-refractivity contribution in [3.05, 3.63) is 15.8 Å². The summed E-state index contributed by atoms with van der Waals surface area (Å²) >= 11 is 0. The maximum absolute atomic E-state index is 11.2. The maximum Gasteiger partial charge on any atom is 0.332 e. The van der Waals surface area contributed by atoms with Crippen LogP contribution < -0.4 is 10.6 Å². The molecule has 0 amide bonds. The first-order chi connectivity index (χ1) is 9.36.